The number of carbonyl (C=O) groups is 1. The van der Waals surface area contributed by atoms with Crippen LogP contribution in [0.1, 0.15) is 0 Å². The Labute approximate surface area is 83.9 Å². The highest BCUT2D eigenvalue weighted by Gasteiger charge is 1.99. The van der Waals surface area contributed by atoms with Crippen molar-refractivity contribution in [1.82, 2.24) is 0 Å². The van der Waals surface area contributed by atoms with E-state index in [1.807, 2.05) is 24.5 Å². The highest BCUT2D eigenvalue weighted by molar-refractivity contribution is 9.10. The second-order valence-electron chi connectivity index (χ2n) is 2.11. The summed E-state index contributed by atoms with van der Waals surface area (Å²) in [6.45, 7) is 0. The summed E-state index contributed by atoms with van der Waals surface area (Å²) < 4.78 is 0.963. The van der Waals surface area contributed by atoms with Gasteiger partial charge in [-0.25, -0.2) is 0 Å². The Hall–Kier alpha value is -0.480. The van der Waals surface area contributed by atoms with Crippen molar-refractivity contribution in [3.63, 3.8) is 0 Å². The molecule has 0 unspecified atom stereocenters. The van der Waals surface area contributed by atoms with Crippen LogP contribution in [0.25, 0.3) is 0 Å². The average Bonchev–Trinajstić information content (AvgIpc) is 2.05. The monoisotopic (exact) mass is 245 g/mol. The van der Waals surface area contributed by atoms with E-state index in [0.717, 1.165) is 15.1 Å². The van der Waals surface area contributed by atoms with E-state index in [4.69, 9.17) is 0 Å². The van der Waals surface area contributed by atoms with Crippen molar-refractivity contribution < 1.29 is 4.79 Å². The minimum Gasteiger partial charge on any atom is -0.328 e. The molecule has 1 aromatic rings. The summed E-state index contributed by atoms with van der Waals surface area (Å²) in [5.74, 6) is 0. The lowest BCUT2D eigenvalue weighted by Crippen LogP contribution is -1.95. The summed E-state index contributed by atoms with van der Waals surface area (Å²) in [6, 6.07) is 5.78. The molecule has 0 radical (unpaired) electrons. The lowest BCUT2D eigenvalue weighted by atomic mass is 10.3. The lowest BCUT2D eigenvalue weighted by Gasteiger charge is -2.05. The standard InChI is InChI=1S/C8H8BrNOS/c1-12-8-3-2-6(9)4-7(8)10-5-11/h2-5H,1H3,(H,10,11). The number of hydrogen-bond acceptors (Lipinski definition) is 2. The van der Waals surface area contributed by atoms with Crippen LogP contribution in [-0.4, -0.2) is 12.7 Å². The summed E-state index contributed by atoms with van der Waals surface area (Å²) in [4.78, 5) is 11.3. The maximum atomic E-state index is 10.2. The van der Waals surface area contributed by atoms with Gasteiger partial charge in [-0.1, -0.05) is 15.9 Å². The van der Waals surface area contributed by atoms with Crippen LogP contribution in [-0.2, 0) is 4.79 Å². The number of hydrogen-bond donors (Lipinski definition) is 1. The first-order valence-electron chi connectivity index (χ1n) is 3.31. The molecular formula is C8H8BrNOS. The fourth-order valence-corrected chi connectivity index (χ4v) is 1.76. The molecular weight excluding hydrogens is 238 g/mol. The smallest absolute Gasteiger partial charge is 0.211 e. The SMILES string of the molecule is CSc1ccc(Br)cc1NC=O. The Morgan fingerprint density at radius 3 is 2.92 bits per heavy atom. The Morgan fingerprint density at radius 1 is 1.58 bits per heavy atom. The molecule has 0 aliphatic heterocycles. The first-order valence-corrected chi connectivity index (χ1v) is 5.33. The summed E-state index contributed by atoms with van der Waals surface area (Å²) in [7, 11) is 0. The third-order valence-corrected chi connectivity index (χ3v) is 2.67. The molecule has 1 rings (SSSR count). The maximum Gasteiger partial charge on any atom is 0.211 e. The van der Waals surface area contributed by atoms with Gasteiger partial charge in [0.15, 0.2) is 0 Å². The third-order valence-electron chi connectivity index (χ3n) is 1.38. The van der Waals surface area contributed by atoms with Gasteiger partial charge >= 0.3 is 0 Å². The number of amides is 1. The zero-order valence-corrected chi connectivity index (χ0v) is 8.91. The van der Waals surface area contributed by atoms with Gasteiger partial charge in [0, 0.05) is 9.37 Å². The van der Waals surface area contributed by atoms with E-state index in [9.17, 15) is 4.79 Å². The van der Waals surface area contributed by atoms with Gasteiger partial charge in [-0.2, -0.15) is 0 Å². The van der Waals surface area contributed by atoms with Crippen LogP contribution in [0.3, 0.4) is 0 Å². The molecule has 1 amide bonds. The molecule has 0 atom stereocenters. The van der Waals surface area contributed by atoms with Crippen molar-refractivity contribution >= 4 is 39.8 Å². The Bertz CT molecular complexity index is 290. The molecule has 0 aromatic heterocycles. The van der Waals surface area contributed by atoms with Gasteiger partial charge in [-0.05, 0) is 24.5 Å². The molecule has 0 aliphatic rings. The lowest BCUT2D eigenvalue weighted by molar-refractivity contribution is -0.105. The zero-order chi connectivity index (χ0) is 8.97. The minimum atomic E-state index is 0.682. The maximum absolute atomic E-state index is 10.2. The summed E-state index contributed by atoms with van der Waals surface area (Å²) in [5.41, 5.74) is 0.840. The van der Waals surface area contributed by atoms with Crippen molar-refractivity contribution in [2.45, 2.75) is 4.90 Å². The fourth-order valence-electron chi connectivity index (χ4n) is 0.856. The van der Waals surface area contributed by atoms with Crippen LogP contribution in [0.5, 0.6) is 0 Å². The molecule has 2 nitrogen and oxygen atoms in total. The number of halogens is 1. The molecule has 64 valence electrons. The van der Waals surface area contributed by atoms with Crippen LogP contribution in [0.2, 0.25) is 0 Å². The predicted molar refractivity (Wildman–Crippen MR) is 55.6 cm³/mol. The average molecular weight is 246 g/mol. The van der Waals surface area contributed by atoms with Gasteiger partial charge in [0.1, 0.15) is 0 Å². The van der Waals surface area contributed by atoms with E-state index in [1.165, 1.54) is 0 Å². The Morgan fingerprint density at radius 2 is 2.33 bits per heavy atom. The summed E-state index contributed by atoms with van der Waals surface area (Å²) in [6.07, 6.45) is 2.65. The number of benzene rings is 1. The number of anilines is 1. The highest BCUT2D eigenvalue weighted by atomic mass is 79.9. The van der Waals surface area contributed by atoms with Crippen LogP contribution >= 0.6 is 27.7 Å². The van der Waals surface area contributed by atoms with E-state index in [0.29, 0.717) is 6.41 Å². The molecule has 12 heavy (non-hydrogen) atoms. The molecule has 0 bridgehead atoms. The number of nitrogens with one attached hydrogen (secondary N) is 1. The van der Waals surface area contributed by atoms with Crippen molar-refractivity contribution in [1.29, 1.82) is 0 Å². The Kier molecular flexibility index (Phi) is 3.62. The van der Waals surface area contributed by atoms with E-state index < -0.39 is 0 Å². The molecule has 4 heteroatoms. The van der Waals surface area contributed by atoms with E-state index in [2.05, 4.69) is 21.2 Å². The summed E-state index contributed by atoms with van der Waals surface area (Å²) >= 11 is 4.93. The third kappa shape index (κ3) is 2.25. The van der Waals surface area contributed by atoms with Crippen molar-refractivity contribution in [3.05, 3.63) is 22.7 Å². The van der Waals surface area contributed by atoms with E-state index in [-0.39, 0.29) is 0 Å². The Balaban J connectivity index is 3.03. The summed E-state index contributed by atoms with van der Waals surface area (Å²) in [5, 5.41) is 2.64. The molecule has 1 aromatic carbocycles. The van der Waals surface area contributed by atoms with Gasteiger partial charge in [-0.3, -0.25) is 4.79 Å². The molecule has 1 N–H and O–H groups in total. The van der Waals surface area contributed by atoms with Gasteiger partial charge in [0.05, 0.1) is 5.69 Å². The first-order chi connectivity index (χ1) is 5.77. The van der Waals surface area contributed by atoms with E-state index in [1.54, 1.807) is 11.8 Å². The van der Waals surface area contributed by atoms with Gasteiger partial charge in [0.2, 0.25) is 6.41 Å². The van der Waals surface area contributed by atoms with Crippen molar-refractivity contribution in [2.75, 3.05) is 11.6 Å². The quantitative estimate of drug-likeness (QED) is 0.656. The topological polar surface area (TPSA) is 29.1 Å². The fraction of sp³-hybridized carbons (Fsp3) is 0.125. The molecule has 0 spiro atoms. The largest absolute Gasteiger partial charge is 0.328 e. The highest BCUT2D eigenvalue weighted by Crippen LogP contribution is 2.27. The van der Waals surface area contributed by atoms with Crippen molar-refractivity contribution in [3.8, 4) is 0 Å². The number of carbonyl (C=O) groups excluding carboxylic acids is 1. The van der Waals surface area contributed by atoms with Crippen LogP contribution < -0.4 is 5.32 Å². The van der Waals surface area contributed by atoms with Gasteiger partial charge < -0.3 is 5.32 Å². The van der Waals surface area contributed by atoms with Crippen LogP contribution in [0.15, 0.2) is 27.6 Å². The zero-order valence-electron chi connectivity index (χ0n) is 6.50. The normalized spacial score (nSPS) is 9.50. The second-order valence-corrected chi connectivity index (χ2v) is 3.87. The van der Waals surface area contributed by atoms with Crippen molar-refractivity contribution in [2.24, 2.45) is 0 Å². The molecule has 0 aliphatic carbocycles. The van der Waals surface area contributed by atoms with Gasteiger partial charge in [0.25, 0.3) is 0 Å². The van der Waals surface area contributed by atoms with E-state index >= 15 is 0 Å². The molecule has 0 heterocycles. The minimum absolute atomic E-state index is 0.682. The molecule has 0 fully saturated rings. The number of thioether (sulfide) groups is 1. The number of rotatable bonds is 3. The first kappa shape index (κ1) is 9.61. The molecule has 0 saturated carbocycles. The van der Waals surface area contributed by atoms with Gasteiger partial charge in [-0.15, -0.1) is 11.8 Å². The second kappa shape index (κ2) is 4.52. The molecule has 0 saturated heterocycles. The predicted octanol–water partition coefficient (Wildman–Crippen LogP) is 2.74. The van der Waals surface area contributed by atoms with Crippen LogP contribution in [0.4, 0.5) is 5.69 Å². The van der Waals surface area contributed by atoms with Crippen LogP contribution in [0, 0.1) is 0 Å².